The van der Waals surface area contributed by atoms with Crippen LogP contribution in [0.3, 0.4) is 0 Å². The first-order valence-electron chi connectivity index (χ1n) is 6.36. The Hall–Kier alpha value is -1.07. The van der Waals surface area contributed by atoms with E-state index < -0.39 is 0 Å². The minimum atomic E-state index is -0.262. The fraction of sp³-hybridized carbons (Fsp3) is 0.500. The molecule has 0 saturated heterocycles. The maximum atomic E-state index is 12.1. The average molecular weight is 327 g/mol. The van der Waals surface area contributed by atoms with Crippen LogP contribution in [0, 0.1) is 6.92 Å². The highest BCUT2D eigenvalue weighted by Gasteiger charge is 2.39. The van der Waals surface area contributed by atoms with Crippen molar-refractivity contribution < 1.29 is 9.53 Å². The summed E-state index contributed by atoms with van der Waals surface area (Å²) in [5, 5.41) is 2.90. The number of ether oxygens (including phenoxy) is 1. The minimum absolute atomic E-state index is 0.0429. The first-order valence-corrected chi connectivity index (χ1v) is 7.16. The standard InChI is InChI=1S/C14H19BrN2O2/c1-9-6-10(15)7-11(16)13(9)17-12(18)8-14(19-2)4-3-5-14/h6-7H,3-5,8,16H2,1-2H3,(H,17,18). The molecule has 3 N–H and O–H groups in total. The van der Waals surface area contributed by atoms with Crippen molar-refractivity contribution in [3.8, 4) is 0 Å². The smallest absolute Gasteiger partial charge is 0.227 e. The molecule has 1 fully saturated rings. The van der Waals surface area contributed by atoms with Crippen LogP contribution < -0.4 is 11.1 Å². The zero-order chi connectivity index (χ0) is 14.0. The zero-order valence-electron chi connectivity index (χ0n) is 11.3. The second-order valence-electron chi connectivity index (χ2n) is 5.15. The number of carbonyl (C=O) groups is 1. The number of rotatable bonds is 4. The van der Waals surface area contributed by atoms with Gasteiger partial charge in [-0.3, -0.25) is 4.79 Å². The van der Waals surface area contributed by atoms with E-state index in [0.717, 1.165) is 29.3 Å². The largest absolute Gasteiger partial charge is 0.397 e. The molecule has 0 spiro atoms. The summed E-state index contributed by atoms with van der Waals surface area (Å²) in [6, 6.07) is 3.72. The van der Waals surface area contributed by atoms with Gasteiger partial charge in [-0.25, -0.2) is 0 Å². The number of halogens is 1. The molecule has 1 aromatic carbocycles. The number of amides is 1. The van der Waals surface area contributed by atoms with E-state index in [1.807, 2.05) is 13.0 Å². The Morgan fingerprint density at radius 1 is 1.53 bits per heavy atom. The summed E-state index contributed by atoms with van der Waals surface area (Å²) in [7, 11) is 1.67. The molecule has 0 bridgehead atoms. The normalized spacial score (nSPS) is 16.8. The SMILES string of the molecule is COC1(CC(=O)Nc2c(C)cc(Br)cc2N)CCC1. The summed E-state index contributed by atoms with van der Waals surface area (Å²) in [5.74, 6) is -0.0429. The van der Waals surface area contributed by atoms with Crippen molar-refractivity contribution in [2.75, 3.05) is 18.2 Å². The van der Waals surface area contributed by atoms with Crippen LogP contribution in [-0.2, 0) is 9.53 Å². The van der Waals surface area contributed by atoms with Crippen molar-refractivity contribution in [2.45, 2.75) is 38.2 Å². The quantitative estimate of drug-likeness (QED) is 0.835. The van der Waals surface area contributed by atoms with Crippen LogP contribution in [0.4, 0.5) is 11.4 Å². The highest BCUT2D eigenvalue weighted by Crippen LogP contribution is 2.38. The van der Waals surface area contributed by atoms with Crippen molar-refractivity contribution in [3.63, 3.8) is 0 Å². The van der Waals surface area contributed by atoms with Crippen molar-refractivity contribution in [1.82, 2.24) is 0 Å². The van der Waals surface area contributed by atoms with Gasteiger partial charge in [0, 0.05) is 11.6 Å². The number of anilines is 2. The molecule has 1 aromatic rings. The number of nitrogens with two attached hydrogens (primary N) is 1. The fourth-order valence-corrected chi connectivity index (χ4v) is 3.03. The van der Waals surface area contributed by atoms with E-state index in [1.54, 1.807) is 13.2 Å². The Morgan fingerprint density at radius 2 is 2.21 bits per heavy atom. The van der Waals surface area contributed by atoms with Crippen LogP contribution in [0.15, 0.2) is 16.6 Å². The molecular weight excluding hydrogens is 308 g/mol. The lowest BCUT2D eigenvalue weighted by molar-refractivity contribution is -0.129. The van der Waals surface area contributed by atoms with Crippen molar-refractivity contribution in [1.29, 1.82) is 0 Å². The lowest BCUT2D eigenvalue weighted by Gasteiger charge is -2.39. The Kier molecular flexibility index (Phi) is 4.16. The van der Waals surface area contributed by atoms with Gasteiger partial charge in [0.25, 0.3) is 0 Å². The van der Waals surface area contributed by atoms with Gasteiger partial charge in [0.15, 0.2) is 0 Å². The van der Waals surface area contributed by atoms with E-state index in [1.165, 1.54) is 0 Å². The molecule has 0 heterocycles. The van der Waals surface area contributed by atoms with Crippen molar-refractivity contribution in [2.24, 2.45) is 0 Å². The van der Waals surface area contributed by atoms with Gasteiger partial charge in [-0.2, -0.15) is 0 Å². The first kappa shape index (κ1) is 14.3. The average Bonchev–Trinajstić information content (AvgIpc) is 2.28. The van der Waals surface area contributed by atoms with E-state index >= 15 is 0 Å². The van der Waals surface area contributed by atoms with E-state index in [2.05, 4.69) is 21.2 Å². The minimum Gasteiger partial charge on any atom is -0.397 e. The molecule has 1 aliphatic carbocycles. The number of benzene rings is 1. The van der Waals surface area contributed by atoms with Gasteiger partial charge in [0.2, 0.25) is 5.91 Å². The van der Waals surface area contributed by atoms with E-state index in [0.29, 0.717) is 17.8 Å². The van der Waals surface area contributed by atoms with Crippen LogP contribution in [0.2, 0.25) is 0 Å². The predicted octanol–water partition coefficient (Wildman–Crippen LogP) is 3.24. The number of aryl methyl sites for hydroxylation is 1. The summed E-state index contributed by atoms with van der Waals surface area (Å²) < 4.78 is 6.37. The number of hydrogen-bond donors (Lipinski definition) is 2. The maximum Gasteiger partial charge on any atom is 0.227 e. The summed E-state index contributed by atoms with van der Waals surface area (Å²) in [6.07, 6.45) is 3.41. The number of hydrogen-bond acceptors (Lipinski definition) is 3. The van der Waals surface area contributed by atoms with Crippen LogP contribution in [0.25, 0.3) is 0 Å². The van der Waals surface area contributed by atoms with Crippen LogP contribution in [0.1, 0.15) is 31.2 Å². The number of carbonyl (C=O) groups excluding carboxylic acids is 1. The third-order valence-corrected chi connectivity index (χ3v) is 4.23. The molecule has 0 radical (unpaired) electrons. The van der Waals surface area contributed by atoms with Gasteiger partial charge in [-0.15, -0.1) is 0 Å². The van der Waals surface area contributed by atoms with Gasteiger partial charge in [0.1, 0.15) is 0 Å². The Morgan fingerprint density at radius 3 is 2.68 bits per heavy atom. The summed E-state index contributed by atoms with van der Waals surface area (Å²) in [5.41, 5.74) is 7.88. The molecule has 19 heavy (non-hydrogen) atoms. The molecule has 1 aliphatic rings. The lowest BCUT2D eigenvalue weighted by Crippen LogP contribution is -2.42. The summed E-state index contributed by atoms with van der Waals surface area (Å²) in [6.45, 7) is 1.92. The first-order chi connectivity index (χ1) is 8.96. The Labute approximate surface area is 121 Å². The molecular formula is C14H19BrN2O2. The summed E-state index contributed by atoms with van der Waals surface area (Å²) in [4.78, 5) is 12.1. The second-order valence-corrected chi connectivity index (χ2v) is 6.07. The van der Waals surface area contributed by atoms with E-state index in [9.17, 15) is 4.79 Å². The lowest BCUT2D eigenvalue weighted by atomic mass is 9.77. The second kappa shape index (κ2) is 5.51. The summed E-state index contributed by atoms with van der Waals surface area (Å²) >= 11 is 3.38. The van der Waals surface area contributed by atoms with Gasteiger partial charge in [0.05, 0.1) is 23.4 Å². The highest BCUT2D eigenvalue weighted by atomic mass is 79.9. The van der Waals surface area contributed by atoms with Gasteiger partial charge in [-0.1, -0.05) is 15.9 Å². The van der Waals surface area contributed by atoms with Crippen molar-refractivity contribution >= 4 is 33.2 Å². The molecule has 0 aromatic heterocycles. The van der Waals surface area contributed by atoms with E-state index in [-0.39, 0.29) is 11.5 Å². The maximum absolute atomic E-state index is 12.1. The number of nitrogen functional groups attached to an aromatic ring is 1. The van der Waals surface area contributed by atoms with Crippen molar-refractivity contribution in [3.05, 3.63) is 22.2 Å². The molecule has 0 unspecified atom stereocenters. The molecule has 4 nitrogen and oxygen atoms in total. The molecule has 5 heteroatoms. The fourth-order valence-electron chi connectivity index (χ4n) is 2.44. The third kappa shape index (κ3) is 3.09. The zero-order valence-corrected chi connectivity index (χ0v) is 12.8. The topological polar surface area (TPSA) is 64.3 Å². The number of methoxy groups -OCH3 is 1. The molecule has 0 atom stereocenters. The molecule has 1 amide bonds. The molecule has 104 valence electrons. The van der Waals surface area contributed by atoms with Gasteiger partial charge >= 0.3 is 0 Å². The van der Waals surface area contributed by atoms with Gasteiger partial charge < -0.3 is 15.8 Å². The molecule has 2 rings (SSSR count). The predicted molar refractivity (Wildman–Crippen MR) is 80.1 cm³/mol. The van der Waals surface area contributed by atoms with E-state index in [4.69, 9.17) is 10.5 Å². The van der Waals surface area contributed by atoms with Crippen LogP contribution in [-0.4, -0.2) is 18.6 Å². The van der Waals surface area contributed by atoms with Crippen LogP contribution in [0.5, 0.6) is 0 Å². The highest BCUT2D eigenvalue weighted by molar-refractivity contribution is 9.10. The Balaban J connectivity index is 2.07. The van der Waals surface area contributed by atoms with Crippen LogP contribution >= 0.6 is 15.9 Å². The molecule has 1 saturated carbocycles. The molecule has 0 aliphatic heterocycles. The third-order valence-electron chi connectivity index (χ3n) is 3.78. The monoisotopic (exact) mass is 326 g/mol. The van der Waals surface area contributed by atoms with Gasteiger partial charge in [-0.05, 0) is 43.9 Å². The Bertz CT molecular complexity index is 470. The number of nitrogens with one attached hydrogen (secondary N) is 1.